The summed E-state index contributed by atoms with van der Waals surface area (Å²) in [5, 5.41) is 9.42. The summed E-state index contributed by atoms with van der Waals surface area (Å²) in [5.74, 6) is -0.391. The number of rotatable bonds is 3. The van der Waals surface area contributed by atoms with E-state index in [0.29, 0.717) is 0 Å². The lowest BCUT2D eigenvalue weighted by Crippen LogP contribution is -2.42. The molecule has 1 aromatic carbocycles. The van der Waals surface area contributed by atoms with E-state index < -0.39 is 0 Å². The Kier molecular flexibility index (Phi) is 4.52. The number of phenols is 1. The summed E-state index contributed by atoms with van der Waals surface area (Å²) < 4.78 is 0. The molecule has 1 rings (SSSR count). The van der Waals surface area contributed by atoms with Crippen LogP contribution in [0.2, 0.25) is 0 Å². The van der Waals surface area contributed by atoms with Gasteiger partial charge in [0, 0.05) is 0 Å². The second kappa shape index (κ2) is 5.47. The number of amides is 1. The highest BCUT2D eigenvalue weighted by atomic mass is 16.3. The fourth-order valence-electron chi connectivity index (χ4n) is 3.50. The molecule has 0 aliphatic carbocycles. The lowest BCUT2D eigenvalue weighted by molar-refractivity contribution is -0.123. The smallest absolute Gasteiger partial charge is 0.225 e. The van der Waals surface area contributed by atoms with Gasteiger partial charge in [-0.25, -0.2) is 0 Å². The van der Waals surface area contributed by atoms with Gasteiger partial charge in [-0.3, -0.25) is 4.79 Å². The Morgan fingerprint density at radius 2 is 1.40 bits per heavy atom. The summed E-state index contributed by atoms with van der Waals surface area (Å²) in [6, 6.07) is 6.78. The van der Waals surface area contributed by atoms with Gasteiger partial charge in [0.1, 0.15) is 5.75 Å². The van der Waals surface area contributed by atoms with E-state index in [1.54, 1.807) is 24.3 Å². The molecule has 1 aromatic rings. The summed E-state index contributed by atoms with van der Waals surface area (Å²) in [7, 11) is 0. The van der Waals surface area contributed by atoms with E-state index in [9.17, 15) is 9.90 Å². The number of hydrogen-bond donors (Lipinski definition) is 2. The van der Waals surface area contributed by atoms with Gasteiger partial charge in [-0.05, 0) is 34.4 Å². The molecule has 112 valence electrons. The molecule has 1 atom stereocenters. The molecule has 1 amide bonds. The van der Waals surface area contributed by atoms with Gasteiger partial charge in [0.2, 0.25) is 5.91 Å². The van der Waals surface area contributed by atoms with Gasteiger partial charge in [0.05, 0.1) is 5.92 Å². The van der Waals surface area contributed by atoms with E-state index in [1.165, 1.54) is 0 Å². The van der Waals surface area contributed by atoms with Crippen molar-refractivity contribution in [3.8, 4) is 5.75 Å². The average Bonchev–Trinajstić information content (AvgIpc) is 2.23. The molecular formula is C17H27NO2. The normalized spacial score (nSPS) is 14.3. The van der Waals surface area contributed by atoms with Gasteiger partial charge in [-0.1, -0.05) is 53.7 Å². The summed E-state index contributed by atoms with van der Waals surface area (Å²) in [4.78, 5) is 12.1. The molecule has 20 heavy (non-hydrogen) atoms. The number of hydrogen-bond acceptors (Lipinski definition) is 2. The number of primary amides is 1. The number of nitrogens with two attached hydrogens (primary N) is 1. The average molecular weight is 277 g/mol. The maximum Gasteiger partial charge on any atom is 0.225 e. The molecule has 0 saturated carbocycles. The fraction of sp³-hybridized carbons (Fsp3) is 0.588. The van der Waals surface area contributed by atoms with Crippen LogP contribution in [0.15, 0.2) is 24.3 Å². The molecule has 0 spiro atoms. The highest BCUT2D eigenvalue weighted by Gasteiger charge is 2.43. The molecule has 3 N–H and O–H groups in total. The number of carbonyl (C=O) groups excluding carboxylic acids is 1. The van der Waals surface area contributed by atoms with Crippen LogP contribution in [-0.2, 0) is 4.79 Å². The number of aromatic hydroxyl groups is 1. The molecule has 0 aliphatic rings. The van der Waals surface area contributed by atoms with Crippen LogP contribution in [0.5, 0.6) is 5.75 Å². The summed E-state index contributed by atoms with van der Waals surface area (Å²) >= 11 is 0. The number of benzene rings is 1. The SMILES string of the molecule is CC(C)(C)C(C(C(N)=O)c1ccc(O)cc1)C(C)(C)C. The van der Waals surface area contributed by atoms with E-state index in [-0.39, 0.29) is 34.3 Å². The van der Waals surface area contributed by atoms with Crippen LogP contribution in [0.1, 0.15) is 53.0 Å². The summed E-state index contributed by atoms with van der Waals surface area (Å²) in [6.45, 7) is 12.8. The van der Waals surface area contributed by atoms with Crippen LogP contribution in [0.25, 0.3) is 0 Å². The minimum Gasteiger partial charge on any atom is -0.508 e. The van der Waals surface area contributed by atoms with Crippen LogP contribution in [0, 0.1) is 16.7 Å². The van der Waals surface area contributed by atoms with Gasteiger partial charge in [0.15, 0.2) is 0 Å². The topological polar surface area (TPSA) is 63.3 Å². The third-order valence-electron chi connectivity index (χ3n) is 3.76. The van der Waals surface area contributed by atoms with Crippen molar-refractivity contribution in [3.05, 3.63) is 29.8 Å². The van der Waals surface area contributed by atoms with E-state index in [4.69, 9.17) is 5.73 Å². The molecule has 1 unspecified atom stereocenters. The molecule has 0 heterocycles. The third-order valence-corrected chi connectivity index (χ3v) is 3.76. The lowest BCUT2D eigenvalue weighted by Gasteiger charge is -2.44. The van der Waals surface area contributed by atoms with Gasteiger partial charge in [-0.2, -0.15) is 0 Å². The van der Waals surface area contributed by atoms with Crippen LogP contribution in [0.3, 0.4) is 0 Å². The first-order valence-electron chi connectivity index (χ1n) is 7.03. The van der Waals surface area contributed by atoms with Crippen molar-refractivity contribution in [3.63, 3.8) is 0 Å². The molecule has 0 aromatic heterocycles. The second-order valence-electron chi connectivity index (χ2n) is 7.68. The van der Waals surface area contributed by atoms with Gasteiger partial charge in [0.25, 0.3) is 0 Å². The first-order valence-corrected chi connectivity index (χ1v) is 7.03. The Morgan fingerprint density at radius 3 is 1.70 bits per heavy atom. The van der Waals surface area contributed by atoms with E-state index >= 15 is 0 Å². The highest BCUT2D eigenvalue weighted by Crippen LogP contribution is 2.48. The van der Waals surface area contributed by atoms with Crippen LogP contribution in [-0.4, -0.2) is 11.0 Å². The van der Waals surface area contributed by atoms with Crippen LogP contribution >= 0.6 is 0 Å². The van der Waals surface area contributed by atoms with Gasteiger partial charge < -0.3 is 10.8 Å². The first-order chi connectivity index (χ1) is 8.94. The Hall–Kier alpha value is -1.51. The van der Waals surface area contributed by atoms with Crippen molar-refractivity contribution < 1.29 is 9.90 Å². The molecule has 0 saturated heterocycles. The van der Waals surface area contributed by atoms with Crippen molar-refractivity contribution in [2.75, 3.05) is 0 Å². The lowest BCUT2D eigenvalue weighted by atomic mass is 9.59. The van der Waals surface area contributed by atoms with Crippen LogP contribution < -0.4 is 5.73 Å². The van der Waals surface area contributed by atoms with Crippen molar-refractivity contribution in [2.24, 2.45) is 22.5 Å². The Bertz CT molecular complexity index is 449. The van der Waals surface area contributed by atoms with Crippen LogP contribution in [0.4, 0.5) is 0 Å². The van der Waals surface area contributed by atoms with Crippen molar-refractivity contribution in [1.82, 2.24) is 0 Å². The Balaban J connectivity index is 3.37. The standard InChI is InChI=1S/C17H27NO2/c1-16(2,3)14(17(4,5)6)13(15(18)20)11-7-9-12(19)10-8-11/h7-10,13-14,19H,1-6H3,(H2,18,20). The fourth-order valence-corrected chi connectivity index (χ4v) is 3.50. The molecule has 3 nitrogen and oxygen atoms in total. The highest BCUT2D eigenvalue weighted by molar-refractivity contribution is 5.82. The molecule has 3 heteroatoms. The van der Waals surface area contributed by atoms with Crippen molar-refractivity contribution in [1.29, 1.82) is 0 Å². The third kappa shape index (κ3) is 3.75. The van der Waals surface area contributed by atoms with Gasteiger partial charge >= 0.3 is 0 Å². The number of phenolic OH excluding ortho intramolecular Hbond substituents is 1. The Morgan fingerprint density at radius 1 is 1.00 bits per heavy atom. The quantitative estimate of drug-likeness (QED) is 0.885. The molecule has 0 aliphatic heterocycles. The largest absolute Gasteiger partial charge is 0.508 e. The predicted molar refractivity (Wildman–Crippen MR) is 82.4 cm³/mol. The van der Waals surface area contributed by atoms with E-state index in [1.807, 2.05) is 0 Å². The minimum atomic E-state index is -0.365. The molecule has 0 bridgehead atoms. The number of carbonyl (C=O) groups is 1. The van der Waals surface area contributed by atoms with Crippen molar-refractivity contribution >= 4 is 5.91 Å². The summed E-state index contributed by atoms with van der Waals surface area (Å²) in [5.41, 5.74) is 6.45. The molecular weight excluding hydrogens is 250 g/mol. The van der Waals surface area contributed by atoms with E-state index in [2.05, 4.69) is 41.5 Å². The van der Waals surface area contributed by atoms with E-state index in [0.717, 1.165) is 5.56 Å². The zero-order valence-corrected chi connectivity index (χ0v) is 13.4. The molecule has 0 fully saturated rings. The zero-order valence-electron chi connectivity index (χ0n) is 13.4. The maximum atomic E-state index is 12.1. The van der Waals surface area contributed by atoms with Crippen molar-refractivity contribution in [2.45, 2.75) is 47.5 Å². The maximum absolute atomic E-state index is 12.1. The molecule has 0 radical (unpaired) electrons. The second-order valence-corrected chi connectivity index (χ2v) is 7.68. The first kappa shape index (κ1) is 16.5. The zero-order chi connectivity index (χ0) is 15.7. The monoisotopic (exact) mass is 277 g/mol. The minimum absolute atomic E-state index is 0.0597. The summed E-state index contributed by atoms with van der Waals surface area (Å²) in [6.07, 6.45) is 0. The van der Waals surface area contributed by atoms with Gasteiger partial charge in [-0.15, -0.1) is 0 Å². The predicted octanol–water partition coefficient (Wildman–Crippen LogP) is 3.67. The Labute approximate surface area is 122 Å².